The van der Waals surface area contributed by atoms with Gasteiger partial charge in [0.05, 0.1) is 16.3 Å². The molecule has 0 aromatic carbocycles. The fourth-order valence-corrected chi connectivity index (χ4v) is 3.13. The van der Waals surface area contributed by atoms with Crippen LogP contribution in [0.25, 0.3) is 11.3 Å². The van der Waals surface area contributed by atoms with Crippen LogP contribution in [-0.2, 0) is 4.79 Å². The van der Waals surface area contributed by atoms with Gasteiger partial charge in [0.1, 0.15) is 10.8 Å². The van der Waals surface area contributed by atoms with Crippen LogP contribution in [0.5, 0.6) is 0 Å². The normalized spacial score (nSPS) is 10.7. The SMILES string of the molecule is Cc1nc(-c2c(N)nsc2NCCCCC(N)=O)cs1. The lowest BCUT2D eigenvalue weighted by molar-refractivity contribution is -0.118. The van der Waals surface area contributed by atoms with E-state index < -0.39 is 0 Å². The summed E-state index contributed by atoms with van der Waals surface area (Å²) in [6.07, 6.45) is 2.07. The number of nitrogen functional groups attached to an aromatic ring is 1. The summed E-state index contributed by atoms with van der Waals surface area (Å²) in [4.78, 5) is 15.1. The van der Waals surface area contributed by atoms with E-state index >= 15 is 0 Å². The number of amides is 1. The summed E-state index contributed by atoms with van der Waals surface area (Å²) in [5.74, 6) is 0.241. The molecule has 0 aliphatic heterocycles. The van der Waals surface area contributed by atoms with Gasteiger partial charge in [0, 0.05) is 18.3 Å². The van der Waals surface area contributed by atoms with Crippen molar-refractivity contribution in [2.75, 3.05) is 17.6 Å². The first-order valence-corrected chi connectivity index (χ1v) is 7.93. The maximum Gasteiger partial charge on any atom is 0.217 e. The van der Waals surface area contributed by atoms with Crippen molar-refractivity contribution in [2.24, 2.45) is 5.73 Å². The van der Waals surface area contributed by atoms with Crippen LogP contribution in [0.3, 0.4) is 0 Å². The molecule has 0 saturated heterocycles. The van der Waals surface area contributed by atoms with Crippen LogP contribution in [-0.4, -0.2) is 21.8 Å². The zero-order valence-corrected chi connectivity index (χ0v) is 12.8. The van der Waals surface area contributed by atoms with E-state index in [1.54, 1.807) is 11.3 Å². The van der Waals surface area contributed by atoms with E-state index in [4.69, 9.17) is 11.5 Å². The number of carbonyl (C=O) groups is 1. The van der Waals surface area contributed by atoms with Crippen molar-refractivity contribution < 1.29 is 4.79 Å². The van der Waals surface area contributed by atoms with Crippen molar-refractivity contribution in [3.8, 4) is 11.3 Å². The van der Waals surface area contributed by atoms with Crippen molar-refractivity contribution >= 4 is 39.6 Å². The second kappa shape index (κ2) is 6.67. The first-order chi connectivity index (χ1) is 9.58. The fourth-order valence-electron chi connectivity index (χ4n) is 1.78. The van der Waals surface area contributed by atoms with E-state index in [0.29, 0.717) is 12.2 Å². The Bertz CT molecular complexity index is 592. The maximum atomic E-state index is 10.6. The number of aryl methyl sites for hydroxylation is 1. The third-order valence-electron chi connectivity index (χ3n) is 2.73. The van der Waals surface area contributed by atoms with Crippen molar-refractivity contribution in [3.63, 3.8) is 0 Å². The molecule has 0 spiro atoms. The Morgan fingerprint density at radius 1 is 1.45 bits per heavy atom. The Hall–Kier alpha value is -1.67. The number of nitrogens with two attached hydrogens (primary N) is 2. The van der Waals surface area contributed by atoms with Crippen molar-refractivity contribution in [1.82, 2.24) is 9.36 Å². The molecule has 2 heterocycles. The molecule has 0 aliphatic carbocycles. The summed E-state index contributed by atoms with van der Waals surface area (Å²) in [6.45, 7) is 2.71. The van der Waals surface area contributed by atoms with Crippen LogP contribution in [0, 0.1) is 6.92 Å². The number of aromatic nitrogens is 2. The van der Waals surface area contributed by atoms with E-state index in [1.165, 1.54) is 11.5 Å². The Morgan fingerprint density at radius 2 is 2.25 bits per heavy atom. The predicted molar refractivity (Wildman–Crippen MR) is 83.9 cm³/mol. The smallest absolute Gasteiger partial charge is 0.217 e. The quantitative estimate of drug-likeness (QED) is 0.680. The summed E-state index contributed by atoms with van der Waals surface area (Å²) in [5.41, 5.74) is 12.7. The highest BCUT2D eigenvalue weighted by Crippen LogP contribution is 2.36. The second-order valence-electron chi connectivity index (χ2n) is 4.37. The molecule has 0 fully saturated rings. The number of hydrogen-bond donors (Lipinski definition) is 3. The molecule has 0 radical (unpaired) electrons. The number of anilines is 2. The number of rotatable bonds is 7. The Labute approximate surface area is 125 Å². The molecule has 0 bridgehead atoms. The summed E-state index contributed by atoms with van der Waals surface area (Å²) in [6, 6.07) is 0. The van der Waals surface area contributed by atoms with E-state index in [1.807, 2.05) is 12.3 Å². The monoisotopic (exact) mass is 311 g/mol. The third kappa shape index (κ3) is 3.67. The van der Waals surface area contributed by atoms with Crippen LogP contribution in [0.2, 0.25) is 0 Å². The van der Waals surface area contributed by atoms with Crippen LogP contribution < -0.4 is 16.8 Å². The molecule has 0 unspecified atom stereocenters. The average Bonchev–Trinajstić information content (AvgIpc) is 2.95. The number of hydrogen-bond acceptors (Lipinski definition) is 7. The molecule has 108 valence electrons. The summed E-state index contributed by atoms with van der Waals surface area (Å²) in [7, 11) is 0. The Balaban J connectivity index is 1.97. The Kier molecular flexibility index (Phi) is 4.91. The summed E-state index contributed by atoms with van der Waals surface area (Å²) in [5, 5.41) is 7.21. The van der Waals surface area contributed by atoms with Crippen LogP contribution in [0.15, 0.2) is 5.38 Å². The minimum absolute atomic E-state index is 0.259. The molecule has 2 aromatic heterocycles. The standard InChI is InChI=1S/C12H17N5OS2/c1-7-16-8(6-19-7)10-11(14)17-20-12(10)15-5-3-2-4-9(13)18/h6,15H,2-5H2,1H3,(H2,13,18)(H2,14,17). The molecular formula is C12H17N5OS2. The van der Waals surface area contributed by atoms with Crippen LogP contribution >= 0.6 is 22.9 Å². The lowest BCUT2D eigenvalue weighted by Gasteiger charge is -2.05. The van der Waals surface area contributed by atoms with Crippen LogP contribution in [0.1, 0.15) is 24.3 Å². The maximum absolute atomic E-state index is 10.6. The second-order valence-corrected chi connectivity index (χ2v) is 6.21. The molecule has 0 saturated carbocycles. The minimum Gasteiger partial charge on any atom is -0.382 e. The number of nitrogens with zero attached hydrogens (tertiary/aromatic N) is 2. The number of carbonyl (C=O) groups excluding carboxylic acids is 1. The predicted octanol–water partition coefficient (Wildman–Crippen LogP) is 2.22. The zero-order valence-electron chi connectivity index (χ0n) is 11.2. The van der Waals surface area contributed by atoms with E-state index in [-0.39, 0.29) is 5.91 Å². The van der Waals surface area contributed by atoms with Gasteiger partial charge in [-0.15, -0.1) is 11.3 Å². The van der Waals surface area contributed by atoms with Gasteiger partial charge in [0.15, 0.2) is 0 Å². The minimum atomic E-state index is -0.259. The van der Waals surface area contributed by atoms with E-state index in [0.717, 1.165) is 40.7 Å². The highest BCUT2D eigenvalue weighted by atomic mass is 32.1. The van der Waals surface area contributed by atoms with Gasteiger partial charge in [-0.3, -0.25) is 4.79 Å². The largest absolute Gasteiger partial charge is 0.382 e. The highest BCUT2D eigenvalue weighted by Gasteiger charge is 2.15. The molecule has 2 rings (SSSR count). The molecule has 8 heteroatoms. The van der Waals surface area contributed by atoms with Gasteiger partial charge in [-0.2, -0.15) is 4.37 Å². The number of thiazole rings is 1. The molecule has 20 heavy (non-hydrogen) atoms. The molecule has 5 N–H and O–H groups in total. The average molecular weight is 311 g/mol. The molecule has 0 aliphatic rings. The van der Waals surface area contributed by atoms with Gasteiger partial charge in [0.25, 0.3) is 0 Å². The van der Waals surface area contributed by atoms with Gasteiger partial charge >= 0.3 is 0 Å². The van der Waals surface area contributed by atoms with Gasteiger partial charge in [-0.1, -0.05) is 0 Å². The lowest BCUT2D eigenvalue weighted by Crippen LogP contribution is -2.10. The van der Waals surface area contributed by atoms with Crippen molar-refractivity contribution in [3.05, 3.63) is 10.4 Å². The highest BCUT2D eigenvalue weighted by molar-refractivity contribution is 7.11. The molecule has 0 atom stereocenters. The van der Waals surface area contributed by atoms with Gasteiger partial charge in [-0.25, -0.2) is 4.98 Å². The van der Waals surface area contributed by atoms with Crippen molar-refractivity contribution in [1.29, 1.82) is 0 Å². The number of nitrogens with one attached hydrogen (secondary N) is 1. The topological polar surface area (TPSA) is 107 Å². The van der Waals surface area contributed by atoms with Gasteiger partial charge < -0.3 is 16.8 Å². The lowest BCUT2D eigenvalue weighted by atomic mass is 10.2. The summed E-state index contributed by atoms with van der Waals surface area (Å²) >= 11 is 2.92. The van der Waals surface area contributed by atoms with Gasteiger partial charge in [0.2, 0.25) is 5.91 Å². The molecular weight excluding hydrogens is 294 g/mol. The van der Waals surface area contributed by atoms with E-state index in [9.17, 15) is 4.79 Å². The summed E-state index contributed by atoms with van der Waals surface area (Å²) < 4.78 is 4.18. The first kappa shape index (κ1) is 14.7. The van der Waals surface area contributed by atoms with Gasteiger partial charge in [-0.05, 0) is 31.3 Å². The third-order valence-corrected chi connectivity index (χ3v) is 4.32. The number of primary amides is 1. The zero-order chi connectivity index (χ0) is 14.5. The van der Waals surface area contributed by atoms with Crippen molar-refractivity contribution in [2.45, 2.75) is 26.2 Å². The fraction of sp³-hybridized carbons (Fsp3) is 0.417. The number of unbranched alkanes of at least 4 members (excludes halogenated alkanes) is 1. The van der Waals surface area contributed by atoms with Crippen LogP contribution in [0.4, 0.5) is 10.8 Å². The Morgan fingerprint density at radius 3 is 2.90 bits per heavy atom. The first-order valence-electron chi connectivity index (χ1n) is 6.27. The van der Waals surface area contributed by atoms with E-state index in [2.05, 4.69) is 14.7 Å². The molecule has 2 aromatic rings. The molecule has 6 nitrogen and oxygen atoms in total. The molecule has 1 amide bonds.